The van der Waals surface area contributed by atoms with E-state index in [4.69, 9.17) is 5.73 Å². The van der Waals surface area contributed by atoms with Crippen molar-refractivity contribution >= 4 is 0 Å². The number of hydrogen-bond acceptors (Lipinski definition) is 1. The molecule has 0 aliphatic rings. The number of hydrogen-bond donors (Lipinski definition) is 1. The number of nitrogens with one attached hydrogen (secondary N) is 2. The Kier molecular flexibility index (Phi) is 23.5. The van der Waals surface area contributed by atoms with Gasteiger partial charge in [-0.2, -0.15) is 0 Å². The molecule has 0 fully saturated rings. The normalized spacial score (nSPS) is 10.3. The Morgan fingerprint density at radius 3 is 1.56 bits per heavy atom. The van der Waals surface area contributed by atoms with Crippen molar-refractivity contribution < 1.29 is 21.1 Å². The zero-order valence-corrected chi connectivity index (χ0v) is 17.2. The van der Waals surface area contributed by atoms with Gasteiger partial charge in [0.15, 0.2) is 0 Å². The molecule has 2 N–H and O–H groups in total. The van der Waals surface area contributed by atoms with Crippen molar-refractivity contribution in [2.75, 3.05) is 19.6 Å². The van der Waals surface area contributed by atoms with Crippen LogP contribution >= 0.6 is 0 Å². The second kappa shape index (κ2) is 15.7. The maximum atomic E-state index is 7.44. The molecule has 0 atom stereocenters. The van der Waals surface area contributed by atoms with Gasteiger partial charge in [0.2, 0.25) is 0 Å². The number of rotatable bonds is 6. The topological polar surface area (TPSA) is 35.8 Å². The Morgan fingerprint density at radius 2 is 1.28 bits per heavy atom. The second-order valence-corrected chi connectivity index (χ2v) is 5.46. The summed E-state index contributed by atoms with van der Waals surface area (Å²) in [7, 11) is 0. The van der Waals surface area contributed by atoms with Gasteiger partial charge in [-0.15, -0.1) is 6.54 Å². The van der Waals surface area contributed by atoms with Crippen LogP contribution in [0, 0.1) is 10.8 Å². The van der Waals surface area contributed by atoms with E-state index >= 15 is 0 Å². The first-order chi connectivity index (χ1) is 7.83. The van der Waals surface area contributed by atoms with Crippen LogP contribution < -0.4 is 5.32 Å². The minimum absolute atomic E-state index is 0. The fourth-order valence-electron chi connectivity index (χ4n) is 1.88. The summed E-state index contributed by atoms with van der Waals surface area (Å²) < 4.78 is 0. The summed E-state index contributed by atoms with van der Waals surface area (Å²) in [5.74, 6) is 0. The minimum atomic E-state index is 0. The second-order valence-electron chi connectivity index (χ2n) is 5.46. The maximum absolute atomic E-state index is 7.44. The van der Waals surface area contributed by atoms with E-state index < -0.39 is 0 Å². The van der Waals surface area contributed by atoms with Crippen LogP contribution in [0.3, 0.4) is 0 Å². The Labute approximate surface area is 131 Å². The molecule has 0 bridgehead atoms. The van der Waals surface area contributed by atoms with Crippen molar-refractivity contribution in [2.24, 2.45) is 10.8 Å². The average molecular weight is 429 g/mol. The molecular weight excluding hydrogens is 392 g/mol. The van der Waals surface area contributed by atoms with Crippen LogP contribution in [0.2, 0.25) is 0 Å². The molecule has 0 aromatic heterocycles. The molecule has 18 heavy (non-hydrogen) atoms. The standard InChI is InChI=1S/C11H25N2.2C2H6.W/c1-6-13-9-11(4,5)7-10(2,3)8-12;2*1-2;/h12-13H,6-9H2,1-5H3;2*1-2H3;/q-1;;;. The van der Waals surface area contributed by atoms with Crippen LogP contribution in [-0.4, -0.2) is 19.6 Å². The summed E-state index contributed by atoms with van der Waals surface area (Å²) >= 11 is 0. The molecule has 0 aliphatic heterocycles. The molecule has 0 radical (unpaired) electrons. The molecule has 0 saturated heterocycles. The fourth-order valence-corrected chi connectivity index (χ4v) is 1.88. The van der Waals surface area contributed by atoms with Gasteiger partial charge in [-0.1, -0.05) is 67.7 Å². The van der Waals surface area contributed by atoms with Gasteiger partial charge in [0, 0.05) is 27.6 Å². The van der Waals surface area contributed by atoms with E-state index in [0.717, 1.165) is 19.5 Å². The van der Waals surface area contributed by atoms with E-state index in [1.807, 2.05) is 27.7 Å². The zero-order valence-electron chi connectivity index (χ0n) is 14.2. The first-order valence-corrected chi connectivity index (χ1v) is 7.18. The van der Waals surface area contributed by atoms with E-state index in [1.165, 1.54) is 0 Å². The first-order valence-electron chi connectivity index (χ1n) is 7.18. The predicted octanol–water partition coefficient (Wildman–Crippen LogP) is 5.14. The summed E-state index contributed by atoms with van der Waals surface area (Å²) in [6.07, 6.45) is 1.11. The monoisotopic (exact) mass is 429 g/mol. The van der Waals surface area contributed by atoms with Gasteiger partial charge in [0.05, 0.1) is 0 Å². The third kappa shape index (κ3) is 19.0. The van der Waals surface area contributed by atoms with E-state index in [9.17, 15) is 0 Å². The molecule has 0 saturated carbocycles. The Bertz CT molecular complexity index is 145. The third-order valence-electron chi connectivity index (χ3n) is 2.29. The van der Waals surface area contributed by atoms with Crippen LogP contribution in [0.5, 0.6) is 0 Å². The van der Waals surface area contributed by atoms with Gasteiger partial charge in [-0.3, -0.25) is 0 Å². The van der Waals surface area contributed by atoms with Crippen LogP contribution in [0.4, 0.5) is 0 Å². The minimum Gasteiger partial charge on any atom is -0.677 e. The largest absolute Gasteiger partial charge is 0.677 e. The molecule has 0 aromatic carbocycles. The summed E-state index contributed by atoms with van der Waals surface area (Å²) in [4.78, 5) is 0. The Balaban J connectivity index is -0.000000177. The summed E-state index contributed by atoms with van der Waals surface area (Å²) in [6, 6.07) is 0. The van der Waals surface area contributed by atoms with Crippen molar-refractivity contribution in [1.29, 1.82) is 0 Å². The van der Waals surface area contributed by atoms with Crippen molar-refractivity contribution in [3.8, 4) is 0 Å². The van der Waals surface area contributed by atoms with Gasteiger partial charge in [0.1, 0.15) is 0 Å². The molecule has 0 aromatic rings. The molecule has 0 aliphatic carbocycles. The molecule has 0 heterocycles. The summed E-state index contributed by atoms with van der Waals surface area (Å²) in [5.41, 5.74) is 7.90. The SMILES string of the molecule is CC.CC.CCNCC(C)(C)CC(C)(C)C[NH-].[W]. The van der Waals surface area contributed by atoms with E-state index in [-0.39, 0.29) is 26.5 Å². The van der Waals surface area contributed by atoms with Crippen LogP contribution in [0.25, 0.3) is 5.73 Å². The maximum Gasteiger partial charge on any atom is 0.000259 e. The van der Waals surface area contributed by atoms with E-state index in [0.29, 0.717) is 12.0 Å². The average Bonchev–Trinajstić information content (AvgIpc) is 2.30. The van der Waals surface area contributed by atoms with E-state index in [1.54, 1.807) is 0 Å². The van der Waals surface area contributed by atoms with Crippen molar-refractivity contribution in [3.63, 3.8) is 0 Å². The van der Waals surface area contributed by atoms with Crippen molar-refractivity contribution in [1.82, 2.24) is 5.32 Å². The first kappa shape index (κ1) is 27.0. The molecule has 0 unspecified atom stereocenters. The Hall–Kier alpha value is 0.608. The molecule has 0 rings (SSSR count). The van der Waals surface area contributed by atoms with Gasteiger partial charge in [-0.25, -0.2) is 0 Å². The molecule has 114 valence electrons. The zero-order chi connectivity index (χ0) is 14.5. The van der Waals surface area contributed by atoms with Crippen LogP contribution in [-0.2, 0) is 21.1 Å². The summed E-state index contributed by atoms with van der Waals surface area (Å²) in [6.45, 7) is 21.6. The fraction of sp³-hybridized carbons (Fsp3) is 1.00. The quantitative estimate of drug-likeness (QED) is 0.624. The van der Waals surface area contributed by atoms with Crippen LogP contribution in [0.1, 0.15) is 68.7 Å². The van der Waals surface area contributed by atoms with Gasteiger partial charge in [-0.05, 0) is 18.4 Å². The van der Waals surface area contributed by atoms with Gasteiger partial charge in [0.25, 0.3) is 0 Å². The van der Waals surface area contributed by atoms with Crippen molar-refractivity contribution in [3.05, 3.63) is 5.73 Å². The predicted molar refractivity (Wildman–Crippen MR) is 82.6 cm³/mol. The van der Waals surface area contributed by atoms with Crippen LogP contribution in [0.15, 0.2) is 0 Å². The van der Waals surface area contributed by atoms with Gasteiger partial charge < -0.3 is 11.1 Å². The molecule has 0 spiro atoms. The van der Waals surface area contributed by atoms with Gasteiger partial charge >= 0.3 is 0 Å². The molecular formula is C15H37N2W-. The third-order valence-corrected chi connectivity index (χ3v) is 2.29. The molecule has 2 nitrogen and oxygen atoms in total. The summed E-state index contributed by atoms with van der Waals surface area (Å²) in [5, 5.41) is 3.37. The molecule has 3 heteroatoms. The van der Waals surface area contributed by atoms with E-state index in [2.05, 4.69) is 39.9 Å². The Morgan fingerprint density at radius 1 is 0.889 bits per heavy atom. The smallest absolute Gasteiger partial charge is 0.000259 e. The molecule has 0 amide bonds. The van der Waals surface area contributed by atoms with Crippen molar-refractivity contribution in [2.45, 2.75) is 68.7 Å².